The molecule has 2 rings (SSSR count). The van der Waals surface area contributed by atoms with Crippen LogP contribution in [0.3, 0.4) is 0 Å². The Morgan fingerprint density at radius 2 is 2.47 bits per heavy atom. The van der Waals surface area contributed by atoms with E-state index < -0.39 is 0 Å². The smallest absolute Gasteiger partial charge is 0.138 e. The van der Waals surface area contributed by atoms with E-state index in [4.69, 9.17) is 4.74 Å². The van der Waals surface area contributed by atoms with Gasteiger partial charge in [0.25, 0.3) is 0 Å². The lowest BCUT2D eigenvalue weighted by molar-refractivity contribution is -0.124. The van der Waals surface area contributed by atoms with Crippen LogP contribution < -0.4 is 0 Å². The fraction of sp³-hybridized carbons (Fsp3) is 0.692. The molecule has 1 aliphatic heterocycles. The van der Waals surface area contributed by atoms with Gasteiger partial charge in [-0.1, -0.05) is 6.92 Å². The number of rotatable bonds is 5. The molecule has 94 valence electrons. The number of aromatic nitrogens is 2. The number of ketones is 1. The molecular weight excluding hydrogens is 216 g/mol. The molecule has 0 saturated carbocycles. The quantitative estimate of drug-likeness (QED) is 0.782. The van der Waals surface area contributed by atoms with Crippen LogP contribution in [0.5, 0.6) is 0 Å². The van der Waals surface area contributed by atoms with E-state index in [1.165, 1.54) is 0 Å². The molecule has 0 bridgehead atoms. The Kier molecular flexibility index (Phi) is 3.94. The van der Waals surface area contributed by atoms with Crippen LogP contribution in [-0.2, 0) is 23.0 Å². The second kappa shape index (κ2) is 5.45. The Morgan fingerprint density at radius 1 is 1.65 bits per heavy atom. The first-order chi connectivity index (χ1) is 8.20. The van der Waals surface area contributed by atoms with Crippen LogP contribution in [0, 0.1) is 5.92 Å². The standard InChI is InChI=1S/C13H20N2O2/c1-3-13-11(6-7-17-13)12(16)5-4-10-8-14-15(2)9-10/h8-9,11,13H,3-7H2,1-2H3. The molecule has 0 spiro atoms. The first-order valence-corrected chi connectivity index (χ1v) is 6.32. The number of hydrogen-bond acceptors (Lipinski definition) is 3. The van der Waals surface area contributed by atoms with Gasteiger partial charge in [-0.15, -0.1) is 0 Å². The third-order valence-corrected chi connectivity index (χ3v) is 3.44. The molecular formula is C13H20N2O2. The second-order valence-electron chi connectivity index (χ2n) is 4.70. The summed E-state index contributed by atoms with van der Waals surface area (Å²) in [5.41, 5.74) is 1.13. The van der Waals surface area contributed by atoms with Gasteiger partial charge in [0.1, 0.15) is 5.78 Å². The van der Waals surface area contributed by atoms with Gasteiger partial charge in [0.05, 0.1) is 12.3 Å². The van der Waals surface area contributed by atoms with E-state index in [1.807, 2.05) is 19.4 Å². The van der Waals surface area contributed by atoms with Crippen LogP contribution >= 0.6 is 0 Å². The zero-order valence-electron chi connectivity index (χ0n) is 10.6. The van der Waals surface area contributed by atoms with E-state index in [0.717, 1.165) is 31.4 Å². The van der Waals surface area contributed by atoms with Crippen LogP contribution in [-0.4, -0.2) is 28.3 Å². The lowest BCUT2D eigenvalue weighted by atomic mass is 9.91. The molecule has 0 amide bonds. The SMILES string of the molecule is CCC1OCCC1C(=O)CCc1cnn(C)c1. The van der Waals surface area contributed by atoms with E-state index in [0.29, 0.717) is 12.2 Å². The first-order valence-electron chi connectivity index (χ1n) is 6.32. The molecule has 0 radical (unpaired) electrons. The fourth-order valence-corrected chi connectivity index (χ4v) is 2.47. The first kappa shape index (κ1) is 12.3. The van der Waals surface area contributed by atoms with Gasteiger partial charge in [-0.25, -0.2) is 0 Å². The van der Waals surface area contributed by atoms with Gasteiger partial charge in [0.2, 0.25) is 0 Å². The summed E-state index contributed by atoms with van der Waals surface area (Å²) in [5.74, 6) is 0.467. The van der Waals surface area contributed by atoms with Gasteiger partial charge in [0, 0.05) is 32.2 Å². The Bertz CT molecular complexity index is 387. The third kappa shape index (κ3) is 2.94. The number of Topliss-reactive ketones (excluding diaryl/α,β-unsaturated/α-hetero) is 1. The molecule has 4 heteroatoms. The summed E-state index contributed by atoms with van der Waals surface area (Å²) in [6.45, 7) is 2.82. The Morgan fingerprint density at radius 3 is 3.12 bits per heavy atom. The lowest BCUT2D eigenvalue weighted by Crippen LogP contribution is -2.23. The molecule has 0 aromatic carbocycles. The molecule has 1 aliphatic rings. The van der Waals surface area contributed by atoms with Gasteiger partial charge in [-0.2, -0.15) is 5.10 Å². The number of carbonyl (C=O) groups excluding carboxylic acids is 1. The average Bonchev–Trinajstić information content (AvgIpc) is 2.94. The lowest BCUT2D eigenvalue weighted by Gasteiger charge is -2.15. The van der Waals surface area contributed by atoms with Crippen molar-refractivity contribution in [1.29, 1.82) is 0 Å². The van der Waals surface area contributed by atoms with Crippen molar-refractivity contribution in [2.75, 3.05) is 6.61 Å². The maximum atomic E-state index is 12.1. The molecule has 1 saturated heterocycles. The van der Waals surface area contributed by atoms with E-state index in [2.05, 4.69) is 12.0 Å². The molecule has 0 aliphatic carbocycles. The van der Waals surface area contributed by atoms with Crippen molar-refractivity contribution in [3.05, 3.63) is 18.0 Å². The minimum absolute atomic E-state index is 0.122. The monoisotopic (exact) mass is 236 g/mol. The molecule has 2 unspecified atom stereocenters. The molecule has 2 atom stereocenters. The van der Waals surface area contributed by atoms with Crippen molar-refractivity contribution in [1.82, 2.24) is 9.78 Å². The third-order valence-electron chi connectivity index (χ3n) is 3.44. The molecule has 1 aromatic rings. The van der Waals surface area contributed by atoms with Gasteiger partial charge in [0.15, 0.2) is 0 Å². The number of hydrogen-bond donors (Lipinski definition) is 0. The summed E-state index contributed by atoms with van der Waals surface area (Å²) in [5, 5.41) is 4.10. The van der Waals surface area contributed by atoms with Gasteiger partial charge in [-0.05, 0) is 24.8 Å². The number of aryl methyl sites for hydroxylation is 2. The van der Waals surface area contributed by atoms with Crippen LogP contribution in [0.1, 0.15) is 31.7 Å². The number of nitrogens with zero attached hydrogens (tertiary/aromatic N) is 2. The predicted octanol–water partition coefficient (Wildman–Crippen LogP) is 1.74. The second-order valence-corrected chi connectivity index (χ2v) is 4.70. The summed E-state index contributed by atoms with van der Waals surface area (Å²) in [7, 11) is 1.89. The van der Waals surface area contributed by atoms with Crippen molar-refractivity contribution in [2.45, 2.75) is 38.7 Å². The zero-order chi connectivity index (χ0) is 12.3. The highest BCUT2D eigenvalue weighted by Crippen LogP contribution is 2.25. The molecule has 1 aromatic heterocycles. The summed E-state index contributed by atoms with van der Waals surface area (Å²) in [6.07, 6.45) is 7.17. The van der Waals surface area contributed by atoms with Gasteiger partial charge >= 0.3 is 0 Å². The summed E-state index contributed by atoms with van der Waals surface area (Å²) in [4.78, 5) is 12.1. The van der Waals surface area contributed by atoms with Crippen LogP contribution in [0.2, 0.25) is 0 Å². The van der Waals surface area contributed by atoms with Crippen molar-refractivity contribution < 1.29 is 9.53 Å². The highest BCUT2D eigenvalue weighted by Gasteiger charge is 2.31. The van der Waals surface area contributed by atoms with Gasteiger partial charge in [-0.3, -0.25) is 9.48 Å². The number of ether oxygens (including phenoxy) is 1. The highest BCUT2D eigenvalue weighted by molar-refractivity contribution is 5.82. The molecule has 0 N–H and O–H groups in total. The van der Waals surface area contributed by atoms with Gasteiger partial charge < -0.3 is 4.74 Å². The number of carbonyl (C=O) groups is 1. The Hall–Kier alpha value is -1.16. The van der Waals surface area contributed by atoms with Crippen LogP contribution in [0.25, 0.3) is 0 Å². The normalized spacial score (nSPS) is 24.1. The summed E-state index contributed by atoms with van der Waals surface area (Å²) < 4.78 is 7.33. The summed E-state index contributed by atoms with van der Waals surface area (Å²) in [6, 6.07) is 0. The minimum atomic E-state index is 0.122. The van der Waals surface area contributed by atoms with E-state index in [1.54, 1.807) is 4.68 Å². The van der Waals surface area contributed by atoms with Crippen molar-refractivity contribution in [3.63, 3.8) is 0 Å². The van der Waals surface area contributed by atoms with Crippen LogP contribution in [0.15, 0.2) is 12.4 Å². The highest BCUT2D eigenvalue weighted by atomic mass is 16.5. The molecule has 17 heavy (non-hydrogen) atoms. The van der Waals surface area contributed by atoms with E-state index in [-0.39, 0.29) is 12.0 Å². The van der Waals surface area contributed by atoms with Crippen LogP contribution in [0.4, 0.5) is 0 Å². The maximum Gasteiger partial charge on any atom is 0.138 e. The largest absolute Gasteiger partial charge is 0.377 e. The maximum absolute atomic E-state index is 12.1. The van der Waals surface area contributed by atoms with Crippen molar-refractivity contribution in [3.8, 4) is 0 Å². The van der Waals surface area contributed by atoms with Crippen molar-refractivity contribution in [2.24, 2.45) is 13.0 Å². The average molecular weight is 236 g/mol. The molecule has 1 fully saturated rings. The molecule has 4 nitrogen and oxygen atoms in total. The van der Waals surface area contributed by atoms with E-state index in [9.17, 15) is 4.79 Å². The Labute approximate surface area is 102 Å². The minimum Gasteiger partial charge on any atom is -0.377 e. The predicted molar refractivity (Wildman–Crippen MR) is 64.7 cm³/mol. The summed E-state index contributed by atoms with van der Waals surface area (Å²) >= 11 is 0. The fourth-order valence-electron chi connectivity index (χ4n) is 2.47. The van der Waals surface area contributed by atoms with E-state index >= 15 is 0 Å². The zero-order valence-corrected chi connectivity index (χ0v) is 10.6. The van der Waals surface area contributed by atoms with Crippen molar-refractivity contribution >= 4 is 5.78 Å². The Balaban J connectivity index is 1.84. The molecule has 2 heterocycles. The topological polar surface area (TPSA) is 44.1 Å².